The molecule has 0 N–H and O–H groups in total. The zero-order chi connectivity index (χ0) is 19.7. The molecular weight excluding hydrogens is 336 g/mol. The molecule has 0 fully saturated rings. The molecule has 0 aliphatic heterocycles. The predicted molar refractivity (Wildman–Crippen MR) is 121 cm³/mol. The predicted octanol–water partition coefficient (Wildman–Crippen LogP) is 7.67. The lowest BCUT2D eigenvalue weighted by Gasteiger charge is -2.14. The van der Waals surface area contributed by atoms with Crippen LogP contribution in [-0.2, 0) is 0 Å². The Hall–Kier alpha value is -3.12. The molecule has 0 heteroatoms. The summed E-state index contributed by atoms with van der Waals surface area (Å²) in [6.45, 7) is 12.7. The summed E-state index contributed by atoms with van der Waals surface area (Å²) >= 11 is 0. The molecule has 0 bridgehead atoms. The van der Waals surface area contributed by atoms with Gasteiger partial charge in [-0.05, 0) is 83.3 Å². The van der Waals surface area contributed by atoms with Crippen LogP contribution in [0.5, 0.6) is 0 Å². The minimum Gasteiger partial charge on any atom is -0.0620 e. The topological polar surface area (TPSA) is 0 Å². The van der Waals surface area contributed by atoms with Gasteiger partial charge in [0.15, 0.2) is 0 Å². The number of benzene rings is 4. The zero-order valence-corrected chi connectivity index (χ0v) is 16.5. The molecule has 4 aromatic rings. The largest absolute Gasteiger partial charge is 0.0620 e. The Morgan fingerprint density at radius 3 is 1.21 bits per heavy atom. The van der Waals surface area contributed by atoms with Crippen molar-refractivity contribution in [2.24, 2.45) is 0 Å². The molecule has 0 unspecified atom stereocenters. The van der Waals surface area contributed by atoms with Gasteiger partial charge in [0, 0.05) is 0 Å². The summed E-state index contributed by atoms with van der Waals surface area (Å²) < 4.78 is 0. The summed E-state index contributed by atoms with van der Waals surface area (Å²) in [6.07, 6.45) is 0. The molecule has 0 amide bonds. The van der Waals surface area contributed by atoms with E-state index in [-0.39, 0.29) is 0 Å². The van der Waals surface area contributed by atoms with Gasteiger partial charge < -0.3 is 0 Å². The minimum absolute atomic E-state index is 1.06. The van der Waals surface area contributed by atoms with Crippen molar-refractivity contribution in [3.05, 3.63) is 121 Å². The molecule has 0 saturated carbocycles. The summed E-state index contributed by atoms with van der Waals surface area (Å²) in [6, 6.07) is 30.0. The van der Waals surface area contributed by atoms with Crippen LogP contribution >= 0.6 is 0 Å². The highest BCUT2D eigenvalue weighted by Crippen LogP contribution is 2.33. The molecule has 0 nitrogen and oxygen atoms in total. The summed E-state index contributed by atoms with van der Waals surface area (Å²) in [7, 11) is 0. The summed E-state index contributed by atoms with van der Waals surface area (Å²) in [4.78, 5) is 0. The van der Waals surface area contributed by atoms with Gasteiger partial charge in [-0.2, -0.15) is 0 Å². The Balaban J connectivity index is 1.72. The molecular formula is C28H24. The first-order chi connectivity index (χ1) is 13.5. The molecule has 2 radical (unpaired) electrons. The lowest BCUT2D eigenvalue weighted by atomic mass is 9.91. The lowest BCUT2D eigenvalue weighted by molar-refractivity contribution is 1.42. The first-order valence-corrected chi connectivity index (χ1v) is 9.59. The molecule has 0 heterocycles. The fourth-order valence-electron chi connectivity index (χ4n) is 3.86. The van der Waals surface area contributed by atoms with E-state index in [9.17, 15) is 0 Å². The molecule has 4 aromatic carbocycles. The number of hydrogen-bond acceptors (Lipinski definition) is 0. The normalized spacial score (nSPS) is 10.9. The van der Waals surface area contributed by atoms with E-state index in [1.807, 2.05) is 12.1 Å². The molecule has 0 saturated heterocycles. The quantitative estimate of drug-likeness (QED) is 0.351. The molecule has 28 heavy (non-hydrogen) atoms. The highest BCUT2D eigenvalue weighted by molar-refractivity contribution is 5.79. The molecule has 0 aromatic heterocycles. The number of hydrogen-bond donors (Lipinski definition) is 0. The molecule has 4 rings (SSSR count). The average Bonchev–Trinajstić information content (AvgIpc) is 2.69. The second-order valence-corrected chi connectivity index (χ2v) is 7.37. The Bertz CT molecular complexity index is 1060. The fourth-order valence-corrected chi connectivity index (χ4v) is 3.86. The Labute approximate surface area is 168 Å². The van der Waals surface area contributed by atoms with Crippen LogP contribution in [0.4, 0.5) is 0 Å². The van der Waals surface area contributed by atoms with Crippen molar-refractivity contribution in [3.8, 4) is 33.4 Å². The van der Waals surface area contributed by atoms with E-state index in [2.05, 4.69) is 100 Å². The maximum atomic E-state index is 4.17. The monoisotopic (exact) mass is 360 g/mol. The highest BCUT2D eigenvalue weighted by Gasteiger charge is 2.09. The van der Waals surface area contributed by atoms with Gasteiger partial charge in [0.25, 0.3) is 0 Å². The molecule has 0 spiro atoms. The van der Waals surface area contributed by atoms with Gasteiger partial charge in [0.05, 0.1) is 0 Å². The first kappa shape index (κ1) is 18.3. The van der Waals surface area contributed by atoms with E-state index in [0.717, 1.165) is 11.1 Å². The van der Waals surface area contributed by atoms with Crippen molar-refractivity contribution >= 4 is 0 Å². The number of rotatable bonds is 3. The molecule has 0 aliphatic carbocycles. The SMILES string of the molecule is [CH2]c1ccccc1-c1ccc(-c2ccc(-c3ccccc3[CH2])c(C)c2)cc1C. The van der Waals surface area contributed by atoms with Crippen LogP contribution in [0.1, 0.15) is 22.3 Å². The number of aryl methyl sites for hydroxylation is 2. The van der Waals surface area contributed by atoms with E-state index < -0.39 is 0 Å². The average molecular weight is 361 g/mol. The maximum Gasteiger partial charge on any atom is -0.0149 e. The summed E-state index contributed by atoms with van der Waals surface area (Å²) in [5.74, 6) is 0. The van der Waals surface area contributed by atoms with Crippen LogP contribution in [-0.4, -0.2) is 0 Å². The van der Waals surface area contributed by atoms with Crippen LogP contribution < -0.4 is 0 Å². The summed E-state index contributed by atoms with van der Waals surface area (Å²) in [5, 5.41) is 0. The van der Waals surface area contributed by atoms with Crippen LogP contribution in [0, 0.1) is 27.7 Å². The third kappa shape index (κ3) is 3.39. The molecule has 0 atom stereocenters. The molecule has 0 aliphatic rings. The third-order valence-corrected chi connectivity index (χ3v) is 5.40. The van der Waals surface area contributed by atoms with Crippen molar-refractivity contribution < 1.29 is 0 Å². The van der Waals surface area contributed by atoms with Crippen molar-refractivity contribution in [3.63, 3.8) is 0 Å². The van der Waals surface area contributed by atoms with Crippen LogP contribution in [0.2, 0.25) is 0 Å². The molecule has 136 valence electrons. The van der Waals surface area contributed by atoms with Gasteiger partial charge in [-0.3, -0.25) is 0 Å². The highest BCUT2D eigenvalue weighted by atomic mass is 14.1. The Morgan fingerprint density at radius 2 is 0.857 bits per heavy atom. The van der Waals surface area contributed by atoms with Gasteiger partial charge in [0.2, 0.25) is 0 Å². The smallest absolute Gasteiger partial charge is 0.0149 e. The van der Waals surface area contributed by atoms with Crippen molar-refractivity contribution in [1.82, 2.24) is 0 Å². The van der Waals surface area contributed by atoms with Gasteiger partial charge >= 0.3 is 0 Å². The lowest BCUT2D eigenvalue weighted by Crippen LogP contribution is -1.90. The van der Waals surface area contributed by atoms with Crippen LogP contribution in [0.15, 0.2) is 84.9 Å². The Kier molecular flexibility index (Phi) is 4.88. The van der Waals surface area contributed by atoms with Gasteiger partial charge in [-0.1, -0.05) is 84.9 Å². The van der Waals surface area contributed by atoms with E-state index in [4.69, 9.17) is 0 Å². The fraction of sp³-hybridized carbons (Fsp3) is 0.0714. The third-order valence-electron chi connectivity index (χ3n) is 5.40. The second-order valence-electron chi connectivity index (χ2n) is 7.37. The second kappa shape index (κ2) is 7.48. The Morgan fingerprint density at radius 1 is 0.464 bits per heavy atom. The first-order valence-electron chi connectivity index (χ1n) is 9.59. The van der Waals surface area contributed by atoms with Gasteiger partial charge in [-0.25, -0.2) is 0 Å². The van der Waals surface area contributed by atoms with Gasteiger partial charge in [-0.15, -0.1) is 0 Å². The van der Waals surface area contributed by atoms with E-state index >= 15 is 0 Å². The van der Waals surface area contributed by atoms with E-state index in [1.165, 1.54) is 44.5 Å². The standard InChI is InChI=1S/C28H24/c1-19-9-5-7-11-25(19)27-15-13-23(17-21(27)3)24-14-16-28(22(4)18-24)26-12-8-6-10-20(26)2/h5-18H,1-2H2,3-4H3. The van der Waals surface area contributed by atoms with E-state index in [1.54, 1.807) is 0 Å². The van der Waals surface area contributed by atoms with Gasteiger partial charge in [0.1, 0.15) is 0 Å². The summed E-state index contributed by atoms with van der Waals surface area (Å²) in [5.41, 5.74) is 12.0. The van der Waals surface area contributed by atoms with Crippen molar-refractivity contribution in [2.45, 2.75) is 13.8 Å². The maximum absolute atomic E-state index is 4.17. The van der Waals surface area contributed by atoms with Crippen molar-refractivity contribution in [2.75, 3.05) is 0 Å². The van der Waals surface area contributed by atoms with Crippen molar-refractivity contribution in [1.29, 1.82) is 0 Å². The minimum atomic E-state index is 1.06. The van der Waals surface area contributed by atoms with E-state index in [0.29, 0.717) is 0 Å². The van der Waals surface area contributed by atoms with Crippen LogP contribution in [0.25, 0.3) is 33.4 Å². The van der Waals surface area contributed by atoms with Crippen LogP contribution in [0.3, 0.4) is 0 Å². The zero-order valence-electron chi connectivity index (χ0n) is 16.5.